The zero-order chi connectivity index (χ0) is 15.4. The maximum Gasteiger partial charge on any atom is 0.227 e. The Bertz CT molecular complexity index is 548. The van der Waals surface area contributed by atoms with E-state index >= 15 is 0 Å². The third-order valence-corrected chi connectivity index (χ3v) is 3.63. The number of nitrogens with two attached hydrogens (primary N) is 1. The van der Waals surface area contributed by atoms with Crippen molar-refractivity contribution in [2.24, 2.45) is 11.7 Å². The number of nitrogens with one attached hydrogen (secondary N) is 2. The summed E-state index contributed by atoms with van der Waals surface area (Å²) in [4.78, 5) is 23.2. The fourth-order valence-electron chi connectivity index (χ4n) is 2.60. The monoisotopic (exact) mass is 293 g/mol. The molecule has 21 heavy (non-hydrogen) atoms. The van der Waals surface area contributed by atoms with Crippen molar-refractivity contribution in [2.75, 3.05) is 10.6 Å². The van der Waals surface area contributed by atoms with Gasteiger partial charge < -0.3 is 16.4 Å². The Morgan fingerprint density at radius 1 is 1.29 bits per heavy atom. The Morgan fingerprint density at radius 3 is 2.71 bits per heavy atom. The second-order valence-electron chi connectivity index (χ2n) is 5.49. The molecule has 1 fully saturated rings. The summed E-state index contributed by atoms with van der Waals surface area (Å²) in [7, 11) is 0. The minimum atomic E-state index is -0.530. The van der Waals surface area contributed by atoms with Crippen LogP contribution >= 0.6 is 0 Å². The average Bonchev–Trinajstić information content (AvgIpc) is 2.42. The first-order chi connectivity index (χ1) is 9.95. The Labute approximate surface area is 123 Å². The van der Waals surface area contributed by atoms with Gasteiger partial charge in [0, 0.05) is 24.6 Å². The van der Waals surface area contributed by atoms with E-state index in [1.807, 2.05) is 0 Å². The molecule has 114 valence electrons. The standard InChI is InChI=1S/C15H20FN3O2/c1-9(20)18-12-5-6-13(16)14(8-12)19-15(21)10-3-2-4-11(17)7-10/h5-6,8,10-11H,2-4,7,17H2,1H3,(H,18,20)(H,19,21). The van der Waals surface area contributed by atoms with Gasteiger partial charge in [-0.1, -0.05) is 6.42 Å². The van der Waals surface area contributed by atoms with Crippen molar-refractivity contribution in [3.63, 3.8) is 0 Å². The summed E-state index contributed by atoms with van der Waals surface area (Å²) >= 11 is 0. The quantitative estimate of drug-likeness (QED) is 0.799. The van der Waals surface area contributed by atoms with Gasteiger partial charge in [-0.25, -0.2) is 4.39 Å². The third kappa shape index (κ3) is 4.26. The van der Waals surface area contributed by atoms with E-state index in [1.54, 1.807) is 0 Å². The number of carbonyl (C=O) groups excluding carboxylic acids is 2. The first kappa shape index (κ1) is 15.4. The number of carbonyl (C=O) groups is 2. The van der Waals surface area contributed by atoms with Gasteiger partial charge in [-0.15, -0.1) is 0 Å². The molecule has 2 rings (SSSR count). The Morgan fingerprint density at radius 2 is 2.05 bits per heavy atom. The lowest BCUT2D eigenvalue weighted by Gasteiger charge is -2.25. The summed E-state index contributed by atoms with van der Waals surface area (Å²) in [5.41, 5.74) is 6.38. The van der Waals surface area contributed by atoms with Crippen LogP contribution in [0.3, 0.4) is 0 Å². The molecule has 0 radical (unpaired) electrons. The molecular weight excluding hydrogens is 273 g/mol. The second-order valence-corrected chi connectivity index (χ2v) is 5.49. The predicted molar refractivity (Wildman–Crippen MR) is 79.3 cm³/mol. The molecule has 0 aliphatic heterocycles. The molecule has 5 nitrogen and oxygen atoms in total. The molecule has 0 aromatic heterocycles. The van der Waals surface area contributed by atoms with Crippen molar-refractivity contribution < 1.29 is 14.0 Å². The minimum Gasteiger partial charge on any atom is -0.328 e. The van der Waals surface area contributed by atoms with Crippen LogP contribution in [0.25, 0.3) is 0 Å². The van der Waals surface area contributed by atoms with Crippen LogP contribution < -0.4 is 16.4 Å². The highest BCUT2D eigenvalue weighted by Gasteiger charge is 2.25. The molecule has 2 unspecified atom stereocenters. The van der Waals surface area contributed by atoms with Crippen LogP contribution in [0.1, 0.15) is 32.6 Å². The molecule has 4 N–H and O–H groups in total. The van der Waals surface area contributed by atoms with Crippen molar-refractivity contribution in [1.29, 1.82) is 0 Å². The zero-order valence-corrected chi connectivity index (χ0v) is 12.0. The highest BCUT2D eigenvalue weighted by Crippen LogP contribution is 2.26. The molecule has 2 amide bonds. The van der Waals surface area contributed by atoms with E-state index in [0.717, 1.165) is 19.3 Å². The van der Waals surface area contributed by atoms with Gasteiger partial charge >= 0.3 is 0 Å². The number of anilines is 2. The molecule has 1 saturated carbocycles. The fraction of sp³-hybridized carbons (Fsp3) is 0.467. The molecular formula is C15H20FN3O2. The summed E-state index contributed by atoms with van der Waals surface area (Å²) in [6.07, 6.45) is 3.23. The molecule has 1 aliphatic rings. The number of hydrogen-bond donors (Lipinski definition) is 3. The molecule has 0 spiro atoms. The van der Waals surface area contributed by atoms with Crippen molar-refractivity contribution in [3.8, 4) is 0 Å². The molecule has 0 bridgehead atoms. The van der Waals surface area contributed by atoms with Gasteiger partial charge in [-0.05, 0) is 37.5 Å². The number of rotatable bonds is 3. The smallest absolute Gasteiger partial charge is 0.227 e. The average molecular weight is 293 g/mol. The maximum absolute atomic E-state index is 13.8. The van der Waals surface area contributed by atoms with E-state index < -0.39 is 5.82 Å². The number of amides is 2. The maximum atomic E-state index is 13.8. The summed E-state index contributed by atoms with van der Waals surface area (Å²) in [6.45, 7) is 1.37. The normalized spacial score (nSPS) is 21.7. The fourth-order valence-corrected chi connectivity index (χ4v) is 2.60. The van der Waals surface area contributed by atoms with E-state index in [0.29, 0.717) is 12.1 Å². The number of benzene rings is 1. The van der Waals surface area contributed by atoms with E-state index in [1.165, 1.54) is 25.1 Å². The van der Waals surface area contributed by atoms with Crippen molar-refractivity contribution in [1.82, 2.24) is 0 Å². The van der Waals surface area contributed by atoms with E-state index in [9.17, 15) is 14.0 Å². The van der Waals surface area contributed by atoms with Crippen LogP contribution in [0, 0.1) is 11.7 Å². The topological polar surface area (TPSA) is 84.2 Å². The highest BCUT2D eigenvalue weighted by molar-refractivity contribution is 5.94. The molecule has 0 saturated heterocycles. The molecule has 6 heteroatoms. The summed E-state index contributed by atoms with van der Waals surface area (Å²) in [5.74, 6) is -1.18. The lowest BCUT2D eigenvalue weighted by Crippen LogP contribution is -2.34. The summed E-state index contributed by atoms with van der Waals surface area (Å²) in [6, 6.07) is 4.11. The minimum absolute atomic E-state index is 0.0325. The van der Waals surface area contributed by atoms with Crippen molar-refractivity contribution in [3.05, 3.63) is 24.0 Å². The second kappa shape index (κ2) is 6.67. The van der Waals surface area contributed by atoms with Crippen LogP contribution in [0.15, 0.2) is 18.2 Å². The van der Waals surface area contributed by atoms with Crippen LogP contribution in [0.2, 0.25) is 0 Å². The molecule has 0 heterocycles. The van der Waals surface area contributed by atoms with Crippen LogP contribution in [-0.4, -0.2) is 17.9 Å². The van der Waals surface area contributed by atoms with Crippen molar-refractivity contribution in [2.45, 2.75) is 38.6 Å². The van der Waals surface area contributed by atoms with Gasteiger partial charge in [0.2, 0.25) is 11.8 Å². The van der Waals surface area contributed by atoms with Crippen LogP contribution in [0.4, 0.5) is 15.8 Å². The Hall–Kier alpha value is -1.95. The first-order valence-corrected chi connectivity index (χ1v) is 7.09. The molecule has 2 atom stereocenters. The SMILES string of the molecule is CC(=O)Nc1ccc(F)c(NC(=O)C2CCCC(N)C2)c1. The van der Waals surface area contributed by atoms with Gasteiger partial charge in [0.15, 0.2) is 0 Å². The largest absolute Gasteiger partial charge is 0.328 e. The number of hydrogen-bond acceptors (Lipinski definition) is 3. The Balaban J connectivity index is 2.07. The van der Waals surface area contributed by atoms with E-state index in [2.05, 4.69) is 10.6 Å². The van der Waals surface area contributed by atoms with E-state index in [-0.39, 0.29) is 29.5 Å². The molecule has 1 aromatic rings. The summed E-state index contributed by atoms with van der Waals surface area (Å²) in [5, 5.41) is 5.15. The van der Waals surface area contributed by atoms with Gasteiger partial charge in [-0.2, -0.15) is 0 Å². The summed E-state index contributed by atoms with van der Waals surface area (Å²) < 4.78 is 13.8. The molecule has 1 aliphatic carbocycles. The lowest BCUT2D eigenvalue weighted by atomic mass is 9.85. The highest BCUT2D eigenvalue weighted by atomic mass is 19.1. The van der Waals surface area contributed by atoms with Gasteiger partial charge in [-0.3, -0.25) is 9.59 Å². The van der Waals surface area contributed by atoms with Gasteiger partial charge in [0.1, 0.15) is 5.82 Å². The van der Waals surface area contributed by atoms with Crippen LogP contribution in [-0.2, 0) is 9.59 Å². The van der Waals surface area contributed by atoms with Crippen LogP contribution in [0.5, 0.6) is 0 Å². The van der Waals surface area contributed by atoms with E-state index in [4.69, 9.17) is 5.73 Å². The predicted octanol–water partition coefficient (Wildman–Crippen LogP) is 2.24. The van der Waals surface area contributed by atoms with Crippen molar-refractivity contribution >= 4 is 23.2 Å². The molecule has 1 aromatic carbocycles. The third-order valence-electron chi connectivity index (χ3n) is 3.63. The zero-order valence-electron chi connectivity index (χ0n) is 12.0. The Kier molecular flexibility index (Phi) is 4.90. The number of halogens is 1. The van der Waals surface area contributed by atoms with Gasteiger partial charge in [0.05, 0.1) is 5.69 Å². The first-order valence-electron chi connectivity index (χ1n) is 7.09. The lowest BCUT2D eigenvalue weighted by molar-refractivity contribution is -0.121. The van der Waals surface area contributed by atoms with Gasteiger partial charge in [0.25, 0.3) is 0 Å².